The first-order valence-electron chi connectivity index (χ1n) is 8.81. The number of guanidine groups is 1. The van der Waals surface area contributed by atoms with Crippen molar-refractivity contribution < 1.29 is 8.78 Å². The maximum Gasteiger partial charge on any atom is 0.191 e. The van der Waals surface area contributed by atoms with E-state index in [1.54, 1.807) is 37.4 Å². The van der Waals surface area contributed by atoms with Crippen molar-refractivity contribution in [2.75, 3.05) is 34.2 Å². The van der Waals surface area contributed by atoms with Crippen molar-refractivity contribution in [2.45, 2.75) is 26.3 Å². The van der Waals surface area contributed by atoms with E-state index in [1.807, 2.05) is 6.92 Å². The topological polar surface area (TPSA) is 52.6 Å². The lowest BCUT2D eigenvalue weighted by Gasteiger charge is -2.26. The quantitative estimate of drug-likeness (QED) is 0.559. The van der Waals surface area contributed by atoms with Crippen molar-refractivity contribution in [3.05, 3.63) is 51.0 Å². The minimum absolute atomic E-state index is 0.0548. The van der Waals surface area contributed by atoms with Gasteiger partial charge in [-0.3, -0.25) is 4.99 Å². The molecule has 0 radical (unpaired) electrons. The number of hydrogen-bond acceptors (Lipinski definition) is 4. The number of likely N-dealkylation sites (N-methyl/N-ethyl adjacent to an activating group) is 1. The maximum atomic E-state index is 14.1. The lowest BCUT2D eigenvalue weighted by atomic mass is 10.0. The molecule has 1 aromatic heterocycles. The number of aliphatic imine (C=N–C) groups is 1. The summed E-state index contributed by atoms with van der Waals surface area (Å²) in [6.45, 7) is 5.06. The van der Waals surface area contributed by atoms with E-state index in [0.29, 0.717) is 19.0 Å². The molecule has 8 heteroatoms. The van der Waals surface area contributed by atoms with Gasteiger partial charge < -0.3 is 15.5 Å². The van der Waals surface area contributed by atoms with Crippen molar-refractivity contribution in [1.82, 2.24) is 20.5 Å². The van der Waals surface area contributed by atoms with Crippen LogP contribution in [0, 0.1) is 25.5 Å². The number of benzene rings is 1. The Hall–Kier alpha value is -2.06. The SMILES string of the molecule is CN=C(NCCc1nc(C)c(C)s1)NCC(c1c(F)cccc1F)N(C)C. The van der Waals surface area contributed by atoms with Crippen molar-refractivity contribution in [3.63, 3.8) is 0 Å². The Morgan fingerprint density at radius 3 is 2.41 bits per heavy atom. The smallest absolute Gasteiger partial charge is 0.191 e. The summed E-state index contributed by atoms with van der Waals surface area (Å²) < 4.78 is 28.3. The number of nitrogens with zero attached hydrogens (tertiary/aromatic N) is 3. The van der Waals surface area contributed by atoms with Crippen molar-refractivity contribution in [1.29, 1.82) is 0 Å². The van der Waals surface area contributed by atoms with Crippen LogP contribution in [0.2, 0.25) is 0 Å². The molecule has 1 heterocycles. The molecule has 148 valence electrons. The summed E-state index contributed by atoms with van der Waals surface area (Å²) in [7, 11) is 5.25. The van der Waals surface area contributed by atoms with Gasteiger partial charge in [-0.2, -0.15) is 0 Å². The number of aryl methyl sites for hydroxylation is 2. The molecule has 0 saturated carbocycles. The summed E-state index contributed by atoms with van der Waals surface area (Å²) in [6.07, 6.45) is 0.791. The molecule has 1 atom stereocenters. The average Bonchev–Trinajstić information content (AvgIpc) is 2.93. The minimum atomic E-state index is -0.548. The number of thiazole rings is 1. The standard InChI is InChI=1S/C19H27F2N5S/c1-12-13(2)27-17(25-12)9-10-23-19(22-3)24-11-16(26(4)5)18-14(20)7-6-8-15(18)21/h6-8,16H,9-11H2,1-5H3,(H2,22,23,24). The molecular formula is C19H27F2N5S. The molecule has 0 bridgehead atoms. The first kappa shape index (κ1) is 21.2. The number of aromatic nitrogens is 1. The van der Waals surface area contributed by atoms with Crippen LogP contribution in [0.1, 0.15) is 27.2 Å². The molecule has 0 amide bonds. The van der Waals surface area contributed by atoms with Gasteiger partial charge in [0.15, 0.2) is 5.96 Å². The van der Waals surface area contributed by atoms with Gasteiger partial charge in [0, 0.05) is 37.0 Å². The normalized spacial score (nSPS) is 13.1. The first-order valence-corrected chi connectivity index (χ1v) is 9.62. The van der Waals surface area contributed by atoms with Gasteiger partial charge in [-0.05, 0) is 40.1 Å². The monoisotopic (exact) mass is 395 g/mol. The van der Waals surface area contributed by atoms with Crippen LogP contribution in [0.25, 0.3) is 0 Å². The molecule has 2 rings (SSSR count). The molecule has 0 saturated heterocycles. The predicted molar refractivity (Wildman–Crippen MR) is 107 cm³/mol. The first-order chi connectivity index (χ1) is 12.8. The third-order valence-corrected chi connectivity index (χ3v) is 5.48. The molecule has 2 aromatic rings. The minimum Gasteiger partial charge on any atom is -0.356 e. The third kappa shape index (κ3) is 5.71. The van der Waals surface area contributed by atoms with E-state index in [0.717, 1.165) is 17.1 Å². The number of rotatable bonds is 7. The highest BCUT2D eigenvalue weighted by Crippen LogP contribution is 2.23. The highest BCUT2D eigenvalue weighted by Gasteiger charge is 2.22. The summed E-state index contributed by atoms with van der Waals surface area (Å²) in [4.78, 5) is 11.7. The Morgan fingerprint density at radius 1 is 1.22 bits per heavy atom. The summed E-state index contributed by atoms with van der Waals surface area (Å²) in [5.41, 5.74) is 1.12. The summed E-state index contributed by atoms with van der Waals surface area (Å²) in [5, 5.41) is 7.45. The average molecular weight is 396 g/mol. The highest BCUT2D eigenvalue weighted by molar-refractivity contribution is 7.11. The second-order valence-electron chi connectivity index (χ2n) is 6.49. The fraction of sp³-hybridized carbons (Fsp3) is 0.474. The van der Waals surface area contributed by atoms with Crippen LogP contribution in [-0.4, -0.2) is 50.1 Å². The van der Waals surface area contributed by atoms with Crippen molar-refractivity contribution in [3.8, 4) is 0 Å². The van der Waals surface area contributed by atoms with Crippen LogP contribution < -0.4 is 10.6 Å². The van der Waals surface area contributed by atoms with E-state index < -0.39 is 17.7 Å². The van der Waals surface area contributed by atoms with E-state index >= 15 is 0 Å². The molecule has 0 fully saturated rings. The molecule has 0 aliphatic rings. The Kier molecular flexibility index (Phi) is 7.67. The van der Waals surface area contributed by atoms with E-state index in [4.69, 9.17) is 0 Å². The van der Waals surface area contributed by atoms with Crippen LogP contribution in [0.4, 0.5) is 8.78 Å². The van der Waals surface area contributed by atoms with E-state index in [-0.39, 0.29) is 5.56 Å². The van der Waals surface area contributed by atoms with Crippen LogP contribution in [-0.2, 0) is 6.42 Å². The van der Waals surface area contributed by atoms with Gasteiger partial charge in [-0.15, -0.1) is 11.3 Å². The number of hydrogen-bond donors (Lipinski definition) is 2. The van der Waals surface area contributed by atoms with Crippen LogP contribution >= 0.6 is 11.3 Å². The zero-order chi connectivity index (χ0) is 20.0. The van der Waals surface area contributed by atoms with E-state index in [9.17, 15) is 8.78 Å². The zero-order valence-corrected chi connectivity index (χ0v) is 17.3. The maximum absolute atomic E-state index is 14.1. The Morgan fingerprint density at radius 2 is 1.89 bits per heavy atom. The zero-order valence-electron chi connectivity index (χ0n) is 16.4. The molecule has 0 spiro atoms. The molecule has 5 nitrogen and oxygen atoms in total. The summed E-state index contributed by atoms with van der Waals surface area (Å²) in [5.74, 6) is -0.510. The van der Waals surface area contributed by atoms with Gasteiger partial charge in [0.2, 0.25) is 0 Å². The molecular weight excluding hydrogens is 368 g/mol. The number of nitrogens with one attached hydrogen (secondary N) is 2. The van der Waals surface area contributed by atoms with Gasteiger partial charge in [0.05, 0.1) is 16.7 Å². The van der Waals surface area contributed by atoms with Gasteiger partial charge in [0.1, 0.15) is 11.6 Å². The van der Waals surface area contributed by atoms with Gasteiger partial charge in [0.25, 0.3) is 0 Å². The third-order valence-electron chi connectivity index (χ3n) is 4.35. The highest BCUT2D eigenvalue weighted by atomic mass is 32.1. The fourth-order valence-corrected chi connectivity index (χ4v) is 3.65. The van der Waals surface area contributed by atoms with Gasteiger partial charge in [-0.25, -0.2) is 13.8 Å². The molecule has 0 aliphatic heterocycles. The molecule has 27 heavy (non-hydrogen) atoms. The fourth-order valence-electron chi connectivity index (χ4n) is 2.72. The van der Waals surface area contributed by atoms with Crippen molar-refractivity contribution in [2.24, 2.45) is 4.99 Å². The largest absolute Gasteiger partial charge is 0.356 e. The number of halogens is 2. The van der Waals surface area contributed by atoms with Gasteiger partial charge >= 0.3 is 0 Å². The van der Waals surface area contributed by atoms with E-state index in [2.05, 4.69) is 27.5 Å². The van der Waals surface area contributed by atoms with Crippen LogP contribution in [0.3, 0.4) is 0 Å². The summed E-state index contributed by atoms with van der Waals surface area (Å²) in [6, 6.07) is 3.46. The Labute approximate surface area is 163 Å². The molecule has 2 N–H and O–H groups in total. The Bertz CT molecular complexity index is 749. The van der Waals surface area contributed by atoms with Crippen molar-refractivity contribution >= 4 is 17.3 Å². The predicted octanol–water partition coefficient (Wildman–Crippen LogP) is 3.05. The van der Waals surface area contributed by atoms with Crippen LogP contribution in [0.15, 0.2) is 23.2 Å². The van der Waals surface area contributed by atoms with Gasteiger partial charge in [-0.1, -0.05) is 6.07 Å². The Balaban J connectivity index is 1.94. The second kappa shape index (κ2) is 9.75. The molecule has 1 aromatic carbocycles. The molecule has 1 unspecified atom stereocenters. The lowest BCUT2D eigenvalue weighted by Crippen LogP contribution is -2.42. The van der Waals surface area contributed by atoms with Crippen LogP contribution in [0.5, 0.6) is 0 Å². The van der Waals surface area contributed by atoms with E-state index in [1.165, 1.54) is 23.1 Å². The molecule has 0 aliphatic carbocycles. The summed E-state index contributed by atoms with van der Waals surface area (Å²) >= 11 is 1.69. The second-order valence-corrected chi connectivity index (χ2v) is 7.78. The lowest BCUT2D eigenvalue weighted by molar-refractivity contribution is 0.282.